The maximum atomic E-state index is 12.8. The van der Waals surface area contributed by atoms with Crippen molar-refractivity contribution in [1.82, 2.24) is 10.2 Å². The topological polar surface area (TPSA) is 52.6 Å². The number of rotatable bonds is 6. The molecule has 3 rings (SSSR count). The molecule has 1 amide bonds. The van der Waals surface area contributed by atoms with Gasteiger partial charge in [-0.15, -0.1) is 0 Å². The van der Waals surface area contributed by atoms with Crippen LogP contribution in [-0.2, 0) is 11.2 Å². The minimum absolute atomic E-state index is 0.121. The highest BCUT2D eigenvalue weighted by Gasteiger charge is 2.36. The van der Waals surface area contributed by atoms with Gasteiger partial charge in [-0.25, -0.2) is 0 Å². The second-order valence-corrected chi connectivity index (χ2v) is 7.10. The van der Waals surface area contributed by atoms with E-state index in [0.717, 1.165) is 13.0 Å². The largest absolute Gasteiger partial charge is 0.395 e. The molecular weight excluding hydrogens is 300 g/mol. The van der Waals surface area contributed by atoms with E-state index >= 15 is 0 Å². The monoisotopic (exact) mass is 330 g/mol. The second-order valence-electron chi connectivity index (χ2n) is 7.10. The van der Waals surface area contributed by atoms with E-state index in [4.69, 9.17) is 5.11 Å². The van der Waals surface area contributed by atoms with E-state index in [-0.39, 0.29) is 18.6 Å². The van der Waals surface area contributed by atoms with Crippen LogP contribution in [0.4, 0.5) is 0 Å². The van der Waals surface area contributed by atoms with E-state index < -0.39 is 0 Å². The lowest BCUT2D eigenvalue weighted by Crippen LogP contribution is -2.44. The Kier molecular flexibility index (Phi) is 6.27. The minimum atomic E-state index is 0.121. The van der Waals surface area contributed by atoms with Gasteiger partial charge in [-0.05, 0) is 36.3 Å². The molecule has 1 saturated carbocycles. The molecule has 4 heteroatoms. The lowest BCUT2D eigenvalue weighted by atomic mass is 9.77. The third kappa shape index (κ3) is 3.98. The predicted molar refractivity (Wildman–Crippen MR) is 95.7 cm³/mol. The van der Waals surface area contributed by atoms with Gasteiger partial charge in [0.05, 0.1) is 12.6 Å². The standard InChI is InChI=1S/C20H30N2O2/c23-15-13-21-12-10-19(24)22-14-11-16-6-4-5-9-18(16)20(22)17-7-2-1-3-8-17/h4-6,9,17,20-21,23H,1-3,7-8,10-15H2. The van der Waals surface area contributed by atoms with E-state index in [1.54, 1.807) is 0 Å². The van der Waals surface area contributed by atoms with Crippen LogP contribution >= 0.6 is 0 Å². The normalized spacial score (nSPS) is 21.5. The van der Waals surface area contributed by atoms with Crippen molar-refractivity contribution in [2.75, 3.05) is 26.2 Å². The Balaban J connectivity index is 1.75. The van der Waals surface area contributed by atoms with Gasteiger partial charge in [0, 0.05) is 26.1 Å². The molecule has 1 aliphatic heterocycles. The zero-order valence-corrected chi connectivity index (χ0v) is 14.5. The van der Waals surface area contributed by atoms with Crippen molar-refractivity contribution in [3.05, 3.63) is 35.4 Å². The lowest BCUT2D eigenvalue weighted by molar-refractivity contribution is -0.135. The van der Waals surface area contributed by atoms with Gasteiger partial charge < -0.3 is 15.3 Å². The van der Waals surface area contributed by atoms with Crippen molar-refractivity contribution in [3.63, 3.8) is 0 Å². The van der Waals surface area contributed by atoms with Gasteiger partial charge in [0.25, 0.3) is 0 Å². The molecule has 1 aromatic carbocycles. The Bertz CT molecular complexity index is 540. The van der Waals surface area contributed by atoms with Crippen molar-refractivity contribution < 1.29 is 9.90 Å². The molecule has 1 atom stereocenters. The summed E-state index contributed by atoms with van der Waals surface area (Å²) < 4.78 is 0. The van der Waals surface area contributed by atoms with Crippen molar-refractivity contribution in [3.8, 4) is 0 Å². The molecule has 1 heterocycles. The first-order valence-electron chi connectivity index (χ1n) is 9.50. The van der Waals surface area contributed by atoms with Gasteiger partial charge >= 0.3 is 0 Å². The maximum Gasteiger partial charge on any atom is 0.224 e. The van der Waals surface area contributed by atoms with Crippen molar-refractivity contribution in [1.29, 1.82) is 0 Å². The van der Waals surface area contributed by atoms with Crippen LogP contribution in [0.25, 0.3) is 0 Å². The van der Waals surface area contributed by atoms with E-state index in [2.05, 4.69) is 34.5 Å². The fourth-order valence-corrected chi connectivity index (χ4v) is 4.38. The SMILES string of the molecule is O=C(CCNCCO)N1CCc2ccccc2C1C1CCCCC1. The average molecular weight is 330 g/mol. The summed E-state index contributed by atoms with van der Waals surface area (Å²) in [7, 11) is 0. The molecule has 2 aliphatic rings. The van der Waals surface area contributed by atoms with Gasteiger partial charge in [-0.1, -0.05) is 43.5 Å². The average Bonchev–Trinajstić information content (AvgIpc) is 2.65. The van der Waals surface area contributed by atoms with Crippen LogP contribution < -0.4 is 5.32 Å². The number of fused-ring (bicyclic) bond motifs is 1. The Morgan fingerprint density at radius 2 is 1.96 bits per heavy atom. The molecule has 0 aromatic heterocycles. The Morgan fingerprint density at radius 1 is 1.17 bits per heavy atom. The van der Waals surface area contributed by atoms with Crippen molar-refractivity contribution in [2.24, 2.45) is 5.92 Å². The number of nitrogens with zero attached hydrogens (tertiary/aromatic N) is 1. The minimum Gasteiger partial charge on any atom is -0.395 e. The number of hydrogen-bond donors (Lipinski definition) is 2. The number of carbonyl (C=O) groups excluding carboxylic acids is 1. The fourth-order valence-electron chi connectivity index (χ4n) is 4.38. The van der Waals surface area contributed by atoms with Crippen molar-refractivity contribution >= 4 is 5.91 Å². The molecule has 0 radical (unpaired) electrons. The highest BCUT2D eigenvalue weighted by molar-refractivity contribution is 5.77. The molecule has 4 nitrogen and oxygen atoms in total. The van der Waals surface area contributed by atoms with E-state index in [1.165, 1.54) is 43.2 Å². The molecule has 2 N–H and O–H groups in total. The van der Waals surface area contributed by atoms with E-state index in [1.807, 2.05) is 0 Å². The van der Waals surface area contributed by atoms with Gasteiger partial charge in [-0.3, -0.25) is 4.79 Å². The fraction of sp³-hybridized carbons (Fsp3) is 0.650. The number of nitrogens with one attached hydrogen (secondary N) is 1. The lowest BCUT2D eigenvalue weighted by Gasteiger charge is -2.43. The molecule has 0 spiro atoms. The number of aliphatic hydroxyl groups excluding tert-OH is 1. The van der Waals surface area contributed by atoms with Gasteiger partial charge in [-0.2, -0.15) is 0 Å². The summed E-state index contributed by atoms with van der Waals surface area (Å²) in [4.78, 5) is 15.0. The Labute approximate surface area is 145 Å². The number of carbonyl (C=O) groups is 1. The third-order valence-electron chi connectivity index (χ3n) is 5.55. The number of benzene rings is 1. The van der Waals surface area contributed by atoms with Gasteiger partial charge in [0.2, 0.25) is 5.91 Å². The summed E-state index contributed by atoms with van der Waals surface area (Å²) in [5.41, 5.74) is 2.81. The summed E-state index contributed by atoms with van der Waals surface area (Å²) >= 11 is 0. The van der Waals surface area contributed by atoms with Crippen LogP contribution in [-0.4, -0.2) is 42.2 Å². The number of aliphatic hydroxyl groups is 1. The van der Waals surface area contributed by atoms with Crippen LogP contribution in [0.1, 0.15) is 55.7 Å². The molecule has 0 bridgehead atoms. The van der Waals surface area contributed by atoms with Crippen LogP contribution in [0.2, 0.25) is 0 Å². The van der Waals surface area contributed by atoms with E-state index in [0.29, 0.717) is 25.4 Å². The zero-order chi connectivity index (χ0) is 16.8. The maximum absolute atomic E-state index is 12.8. The van der Waals surface area contributed by atoms with Crippen LogP contribution in [0, 0.1) is 5.92 Å². The molecule has 0 saturated heterocycles. The second kappa shape index (κ2) is 8.63. The first-order chi connectivity index (χ1) is 11.8. The zero-order valence-electron chi connectivity index (χ0n) is 14.5. The van der Waals surface area contributed by atoms with Crippen LogP contribution in [0.5, 0.6) is 0 Å². The highest BCUT2D eigenvalue weighted by Crippen LogP contribution is 2.42. The summed E-state index contributed by atoms with van der Waals surface area (Å²) in [6.07, 6.45) is 7.90. The van der Waals surface area contributed by atoms with Gasteiger partial charge in [0.15, 0.2) is 0 Å². The first-order valence-corrected chi connectivity index (χ1v) is 9.50. The van der Waals surface area contributed by atoms with Crippen LogP contribution in [0.15, 0.2) is 24.3 Å². The number of amides is 1. The van der Waals surface area contributed by atoms with Crippen molar-refractivity contribution in [2.45, 2.75) is 51.0 Å². The quantitative estimate of drug-likeness (QED) is 0.789. The summed E-state index contributed by atoms with van der Waals surface area (Å²) in [5, 5.41) is 12.0. The Hall–Kier alpha value is -1.39. The molecule has 132 valence electrons. The van der Waals surface area contributed by atoms with E-state index in [9.17, 15) is 4.79 Å². The summed E-state index contributed by atoms with van der Waals surface area (Å²) in [6, 6.07) is 8.97. The molecule has 1 fully saturated rings. The van der Waals surface area contributed by atoms with Crippen LogP contribution in [0.3, 0.4) is 0 Å². The molecule has 1 unspecified atom stereocenters. The molecule has 1 aliphatic carbocycles. The summed E-state index contributed by atoms with van der Waals surface area (Å²) in [6.45, 7) is 2.17. The third-order valence-corrected chi connectivity index (χ3v) is 5.55. The first kappa shape index (κ1) is 17.4. The molecular formula is C20H30N2O2. The smallest absolute Gasteiger partial charge is 0.224 e. The predicted octanol–water partition coefficient (Wildman–Crippen LogP) is 2.66. The Morgan fingerprint density at radius 3 is 2.75 bits per heavy atom. The summed E-state index contributed by atoms with van der Waals surface area (Å²) in [5.74, 6) is 0.861. The molecule has 1 aromatic rings. The highest BCUT2D eigenvalue weighted by atomic mass is 16.3. The number of hydrogen-bond acceptors (Lipinski definition) is 3. The molecule has 24 heavy (non-hydrogen) atoms. The van der Waals surface area contributed by atoms with Gasteiger partial charge in [0.1, 0.15) is 0 Å².